The predicted octanol–water partition coefficient (Wildman–Crippen LogP) is 3.49. The molecule has 0 saturated carbocycles. The van der Waals surface area contributed by atoms with Crippen LogP contribution in [0.5, 0.6) is 5.75 Å². The predicted molar refractivity (Wildman–Crippen MR) is 92.0 cm³/mol. The Kier molecular flexibility index (Phi) is 7.57. The molecule has 0 fully saturated rings. The molecule has 4 heteroatoms. The summed E-state index contributed by atoms with van der Waals surface area (Å²) in [5.41, 5.74) is 1.74. The molecule has 0 spiro atoms. The van der Waals surface area contributed by atoms with E-state index >= 15 is 0 Å². The van der Waals surface area contributed by atoms with Crippen molar-refractivity contribution >= 4 is 0 Å². The minimum absolute atomic E-state index is 0.231. The molecule has 2 aromatic carbocycles. The van der Waals surface area contributed by atoms with E-state index in [1.54, 1.807) is 12.1 Å². The molecule has 0 saturated heterocycles. The Bertz CT molecular complexity index is 589. The summed E-state index contributed by atoms with van der Waals surface area (Å²) in [6, 6.07) is 14.6. The van der Waals surface area contributed by atoms with E-state index in [-0.39, 0.29) is 12.4 Å². The van der Waals surface area contributed by atoms with E-state index < -0.39 is 0 Å². The first-order chi connectivity index (χ1) is 11.3. The lowest BCUT2D eigenvalue weighted by Gasteiger charge is -2.10. The Morgan fingerprint density at radius 3 is 2.65 bits per heavy atom. The molecule has 23 heavy (non-hydrogen) atoms. The lowest BCUT2D eigenvalue weighted by atomic mass is 10.2. The zero-order valence-corrected chi connectivity index (χ0v) is 13.6. The molecule has 0 heterocycles. The molecular weight excluding hydrogens is 291 g/mol. The third-order valence-corrected chi connectivity index (χ3v) is 3.54. The third-order valence-electron chi connectivity index (χ3n) is 3.54. The standard InChI is InChI=1S/C19H25FN2O/c1-2-21-11-6-12-22-14-16-7-5-9-18(13-16)23-15-17-8-3-4-10-19(17)20/h3-5,7-10,13,21-22H,2,6,11-12,14-15H2,1H3. The molecule has 0 amide bonds. The Balaban J connectivity index is 1.77. The molecule has 2 aromatic rings. The highest BCUT2D eigenvalue weighted by molar-refractivity contribution is 5.29. The highest BCUT2D eigenvalue weighted by Gasteiger charge is 2.02. The van der Waals surface area contributed by atoms with Crippen molar-refractivity contribution < 1.29 is 9.13 Å². The second-order valence-corrected chi connectivity index (χ2v) is 5.41. The topological polar surface area (TPSA) is 33.3 Å². The van der Waals surface area contributed by atoms with Crippen molar-refractivity contribution in [2.75, 3.05) is 19.6 Å². The van der Waals surface area contributed by atoms with E-state index in [0.29, 0.717) is 5.56 Å². The highest BCUT2D eigenvalue weighted by atomic mass is 19.1. The minimum Gasteiger partial charge on any atom is -0.489 e. The van der Waals surface area contributed by atoms with Crippen LogP contribution in [-0.2, 0) is 13.2 Å². The van der Waals surface area contributed by atoms with E-state index in [4.69, 9.17) is 4.74 Å². The van der Waals surface area contributed by atoms with E-state index in [2.05, 4.69) is 23.6 Å². The second kappa shape index (κ2) is 9.98. The van der Waals surface area contributed by atoms with Gasteiger partial charge in [-0.05, 0) is 49.8 Å². The second-order valence-electron chi connectivity index (χ2n) is 5.41. The first-order valence-electron chi connectivity index (χ1n) is 8.16. The summed E-state index contributed by atoms with van der Waals surface area (Å²) in [6.07, 6.45) is 1.11. The van der Waals surface area contributed by atoms with Crippen LogP contribution in [0.25, 0.3) is 0 Å². The number of halogens is 1. The molecular formula is C19H25FN2O. The molecule has 0 bridgehead atoms. The Labute approximate surface area is 137 Å². The van der Waals surface area contributed by atoms with Crippen LogP contribution < -0.4 is 15.4 Å². The van der Waals surface area contributed by atoms with Crippen LogP contribution in [0.3, 0.4) is 0 Å². The Hall–Kier alpha value is -1.91. The van der Waals surface area contributed by atoms with Crippen LogP contribution in [0, 0.1) is 5.82 Å². The van der Waals surface area contributed by atoms with Crippen LogP contribution in [0.4, 0.5) is 4.39 Å². The first kappa shape index (κ1) is 17.4. The number of rotatable bonds is 10. The Morgan fingerprint density at radius 1 is 1.00 bits per heavy atom. The van der Waals surface area contributed by atoms with Crippen molar-refractivity contribution in [3.8, 4) is 5.75 Å². The number of hydrogen-bond donors (Lipinski definition) is 2. The normalized spacial score (nSPS) is 10.7. The summed E-state index contributed by atoms with van der Waals surface area (Å²) in [7, 11) is 0. The smallest absolute Gasteiger partial charge is 0.129 e. The van der Waals surface area contributed by atoms with Crippen LogP contribution in [0.2, 0.25) is 0 Å². The third kappa shape index (κ3) is 6.38. The van der Waals surface area contributed by atoms with Gasteiger partial charge in [-0.3, -0.25) is 0 Å². The fourth-order valence-corrected chi connectivity index (χ4v) is 2.27. The number of ether oxygens (including phenoxy) is 1. The van der Waals surface area contributed by atoms with Crippen LogP contribution in [0.15, 0.2) is 48.5 Å². The maximum absolute atomic E-state index is 13.6. The Morgan fingerprint density at radius 2 is 1.83 bits per heavy atom. The van der Waals surface area contributed by atoms with Crippen molar-refractivity contribution in [1.29, 1.82) is 0 Å². The molecule has 2 N–H and O–H groups in total. The number of benzene rings is 2. The van der Waals surface area contributed by atoms with Gasteiger partial charge in [0, 0.05) is 12.1 Å². The van der Waals surface area contributed by atoms with Crippen LogP contribution in [0.1, 0.15) is 24.5 Å². The van der Waals surface area contributed by atoms with Gasteiger partial charge in [-0.1, -0.05) is 37.3 Å². The van der Waals surface area contributed by atoms with E-state index in [0.717, 1.165) is 38.3 Å². The number of nitrogens with one attached hydrogen (secondary N) is 2. The SMILES string of the molecule is CCNCCCNCc1cccc(OCc2ccccc2F)c1. The molecule has 0 unspecified atom stereocenters. The molecule has 2 rings (SSSR count). The molecule has 0 aliphatic heterocycles. The molecule has 3 nitrogen and oxygen atoms in total. The van der Waals surface area contributed by atoms with Crippen molar-refractivity contribution in [3.63, 3.8) is 0 Å². The largest absolute Gasteiger partial charge is 0.489 e. The van der Waals surface area contributed by atoms with Gasteiger partial charge in [0.15, 0.2) is 0 Å². The van der Waals surface area contributed by atoms with Crippen molar-refractivity contribution in [3.05, 3.63) is 65.5 Å². The summed E-state index contributed by atoms with van der Waals surface area (Å²) in [4.78, 5) is 0. The molecule has 0 atom stereocenters. The van der Waals surface area contributed by atoms with E-state index in [1.165, 1.54) is 11.6 Å². The highest BCUT2D eigenvalue weighted by Crippen LogP contribution is 2.16. The minimum atomic E-state index is -0.231. The van der Waals surface area contributed by atoms with Gasteiger partial charge >= 0.3 is 0 Å². The lowest BCUT2D eigenvalue weighted by molar-refractivity contribution is 0.299. The average molecular weight is 316 g/mol. The fourth-order valence-electron chi connectivity index (χ4n) is 2.27. The zero-order chi connectivity index (χ0) is 16.3. The maximum atomic E-state index is 13.6. The van der Waals surface area contributed by atoms with Gasteiger partial charge in [0.25, 0.3) is 0 Å². The maximum Gasteiger partial charge on any atom is 0.129 e. The summed E-state index contributed by atoms with van der Waals surface area (Å²) >= 11 is 0. The molecule has 0 aliphatic carbocycles. The zero-order valence-electron chi connectivity index (χ0n) is 13.6. The first-order valence-corrected chi connectivity index (χ1v) is 8.16. The lowest BCUT2D eigenvalue weighted by Crippen LogP contribution is -2.21. The molecule has 124 valence electrons. The van der Waals surface area contributed by atoms with Gasteiger partial charge in [0.05, 0.1) is 0 Å². The summed E-state index contributed by atoms with van der Waals surface area (Å²) < 4.78 is 19.3. The monoisotopic (exact) mass is 316 g/mol. The summed E-state index contributed by atoms with van der Waals surface area (Å²) in [6.45, 7) is 6.19. The van der Waals surface area contributed by atoms with Gasteiger partial charge in [0.1, 0.15) is 18.2 Å². The summed E-state index contributed by atoms with van der Waals surface area (Å²) in [5, 5.41) is 6.72. The van der Waals surface area contributed by atoms with Crippen LogP contribution in [-0.4, -0.2) is 19.6 Å². The van der Waals surface area contributed by atoms with Gasteiger partial charge in [-0.15, -0.1) is 0 Å². The number of hydrogen-bond acceptors (Lipinski definition) is 3. The fraction of sp³-hybridized carbons (Fsp3) is 0.368. The van der Waals surface area contributed by atoms with Crippen molar-refractivity contribution in [2.45, 2.75) is 26.5 Å². The van der Waals surface area contributed by atoms with Gasteiger partial charge in [-0.2, -0.15) is 0 Å². The van der Waals surface area contributed by atoms with Gasteiger partial charge in [0.2, 0.25) is 0 Å². The van der Waals surface area contributed by atoms with Crippen molar-refractivity contribution in [2.24, 2.45) is 0 Å². The molecule has 0 radical (unpaired) electrons. The molecule has 0 aromatic heterocycles. The van der Waals surface area contributed by atoms with Gasteiger partial charge < -0.3 is 15.4 Å². The van der Waals surface area contributed by atoms with Crippen molar-refractivity contribution in [1.82, 2.24) is 10.6 Å². The van der Waals surface area contributed by atoms with Crippen LogP contribution >= 0.6 is 0 Å². The molecule has 0 aliphatic rings. The van der Waals surface area contributed by atoms with Gasteiger partial charge in [-0.25, -0.2) is 4.39 Å². The summed E-state index contributed by atoms with van der Waals surface area (Å²) in [5.74, 6) is 0.534. The van der Waals surface area contributed by atoms with E-state index in [1.807, 2.05) is 24.3 Å². The quantitative estimate of drug-likeness (QED) is 0.658. The average Bonchev–Trinajstić information content (AvgIpc) is 2.58. The van der Waals surface area contributed by atoms with E-state index in [9.17, 15) is 4.39 Å².